The van der Waals surface area contributed by atoms with Crippen LogP contribution in [-0.4, -0.2) is 52.8 Å². The summed E-state index contributed by atoms with van der Waals surface area (Å²) in [5, 5.41) is 2.85. The number of hydrogen-bond donors (Lipinski definition) is 1. The summed E-state index contributed by atoms with van der Waals surface area (Å²) in [6.07, 6.45) is 1.68. The summed E-state index contributed by atoms with van der Waals surface area (Å²) in [5.74, 6) is -0.168. The van der Waals surface area contributed by atoms with Crippen LogP contribution in [-0.2, 0) is 4.79 Å². The minimum absolute atomic E-state index is 0.0253. The van der Waals surface area contributed by atoms with Gasteiger partial charge in [-0.2, -0.15) is 0 Å². The van der Waals surface area contributed by atoms with Gasteiger partial charge in [0.1, 0.15) is 5.54 Å². The van der Waals surface area contributed by atoms with Crippen LogP contribution >= 0.6 is 0 Å². The minimum Gasteiger partial charge on any atom is -0.338 e. The highest BCUT2D eigenvalue weighted by molar-refractivity contribution is 6.07. The van der Waals surface area contributed by atoms with Crippen molar-refractivity contribution in [1.29, 1.82) is 0 Å². The normalized spacial score (nSPS) is 20.0. The van der Waals surface area contributed by atoms with Crippen LogP contribution in [0.25, 0.3) is 0 Å². The van der Waals surface area contributed by atoms with Crippen molar-refractivity contribution in [2.75, 3.05) is 19.6 Å². The number of carbonyl (C=O) groups excluding carboxylic acids is 3. The molecule has 4 amide bonds. The summed E-state index contributed by atoms with van der Waals surface area (Å²) in [5.41, 5.74) is -0.169. The second-order valence-corrected chi connectivity index (χ2v) is 6.13. The number of urea groups is 1. The van der Waals surface area contributed by atoms with E-state index in [4.69, 9.17) is 0 Å². The lowest BCUT2D eigenvalue weighted by Crippen LogP contribution is -2.55. The molecule has 2 fully saturated rings. The van der Waals surface area contributed by atoms with Crippen molar-refractivity contribution in [3.8, 4) is 0 Å². The van der Waals surface area contributed by atoms with Crippen LogP contribution in [0.15, 0.2) is 30.3 Å². The molecular weight excluding hydrogens is 294 g/mol. The molecule has 0 aliphatic carbocycles. The maximum atomic E-state index is 12.6. The molecule has 1 N–H and O–H groups in total. The second kappa shape index (κ2) is 6.02. The fraction of sp³-hybridized carbons (Fsp3) is 0.471. The molecule has 0 aromatic heterocycles. The summed E-state index contributed by atoms with van der Waals surface area (Å²) < 4.78 is 0. The zero-order valence-corrected chi connectivity index (χ0v) is 13.2. The van der Waals surface area contributed by atoms with Crippen LogP contribution in [0, 0.1) is 0 Å². The van der Waals surface area contributed by atoms with Crippen LogP contribution in [0.3, 0.4) is 0 Å². The van der Waals surface area contributed by atoms with E-state index in [0.717, 1.165) is 6.42 Å². The highest BCUT2D eigenvalue weighted by Crippen LogP contribution is 2.30. The molecule has 3 rings (SSSR count). The summed E-state index contributed by atoms with van der Waals surface area (Å²) in [7, 11) is 0. The minimum atomic E-state index is -0.820. The summed E-state index contributed by atoms with van der Waals surface area (Å²) in [4.78, 5) is 40.1. The van der Waals surface area contributed by atoms with Crippen LogP contribution in [0.4, 0.5) is 4.79 Å². The Hall–Kier alpha value is -2.37. The largest absolute Gasteiger partial charge is 0.338 e. The SMILES string of the molecule is CCCN1C(=O)NC2(CCN(C(=O)c3ccccc3)CC2)C1=O. The molecule has 1 aromatic carbocycles. The molecule has 0 radical (unpaired) electrons. The van der Waals surface area contributed by atoms with Gasteiger partial charge in [0.2, 0.25) is 0 Å². The number of piperidine rings is 1. The zero-order chi connectivity index (χ0) is 16.4. The first-order valence-electron chi connectivity index (χ1n) is 8.06. The smallest absolute Gasteiger partial charge is 0.325 e. The van der Waals surface area contributed by atoms with Crippen molar-refractivity contribution in [3.63, 3.8) is 0 Å². The second-order valence-electron chi connectivity index (χ2n) is 6.13. The highest BCUT2D eigenvalue weighted by atomic mass is 16.2. The zero-order valence-electron chi connectivity index (χ0n) is 13.2. The number of hydrogen-bond acceptors (Lipinski definition) is 3. The lowest BCUT2D eigenvalue weighted by Gasteiger charge is -2.37. The van der Waals surface area contributed by atoms with E-state index in [0.29, 0.717) is 38.0 Å². The van der Waals surface area contributed by atoms with Crippen LogP contribution in [0.1, 0.15) is 36.5 Å². The summed E-state index contributed by atoms with van der Waals surface area (Å²) in [6, 6.07) is 8.82. The van der Waals surface area contributed by atoms with Gasteiger partial charge in [-0.1, -0.05) is 25.1 Å². The molecule has 2 aliphatic heterocycles. The van der Waals surface area contributed by atoms with Crippen molar-refractivity contribution in [2.45, 2.75) is 31.7 Å². The molecule has 2 heterocycles. The Balaban J connectivity index is 1.68. The van der Waals surface area contributed by atoms with E-state index in [1.807, 2.05) is 25.1 Å². The molecule has 1 spiro atoms. The van der Waals surface area contributed by atoms with Crippen molar-refractivity contribution in [1.82, 2.24) is 15.1 Å². The quantitative estimate of drug-likeness (QED) is 0.862. The van der Waals surface area contributed by atoms with Crippen LogP contribution in [0.2, 0.25) is 0 Å². The van der Waals surface area contributed by atoms with E-state index >= 15 is 0 Å². The van der Waals surface area contributed by atoms with Gasteiger partial charge >= 0.3 is 6.03 Å². The molecule has 2 saturated heterocycles. The summed E-state index contributed by atoms with van der Waals surface area (Å²) >= 11 is 0. The van der Waals surface area contributed by atoms with E-state index in [2.05, 4.69) is 5.32 Å². The Labute approximate surface area is 135 Å². The molecule has 0 bridgehead atoms. The van der Waals surface area contributed by atoms with Crippen molar-refractivity contribution >= 4 is 17.8 Å². The van der Waals surface area contributed by atoms with Crippen molar-refractivity contribution in [2.24, 2.45) is 0 Å². The van der Waals surface area contributed by atoms with Gasteiger partial charge in [0, 0.05) is 25.2 Å². The third kappa shape index (κ3) is 2.69. The van der Waals surface area contributed by atoms with Crippen LogP contribution < -0.4 is 5.32 Å². The van der Waals surface area contributed by atoms with Gasteiger partial charge in [0.25, 0.3) is 11.8 Å². The van der Waals surface area contributed by atoms with E-state index in [1.54, 1.807) is 17.0 Å². The van der Waals surface area contributed by atoms with Gasteiger partial charge in [-0.15, -0.1) is 0 Å². The van der Waals surface area contributed by atoms with E-state index in [1.165, 1.54) is 4.90 Å². The predicted octanol–water partition coefficient (Wildman–Crippen LogP) is 1.62. The average Bonchev–Trinajstić information content (AvgIpc) is 2.80. The van der Waals surface area contributed by atoms with E-state index in [9.17, 15) is 14.4 Å². The first-order valence-corrected chi connectivity index (χ1v) is 8.06. The number of likely N-dealkylation sites (tertiary alicyclic amines) is 1. The number of nitrogens with zero attached hydrogens (tertiary/aromatic N) is 2. The molecule has 0 atom stereocenters. The Morgan fingerprint density at radius 1 is 1.17 bits per heavy atom. The van der Waals surface area contributed by atoms with E-state index < -0.39 is 5.54 Å². The van der Waals surface area contributed by atoms with Gasteiger partial charge in [-0.05, 0) is 31.4 Å². The molecule has 122 valence electrons. The fourth-order valence-corrected chi connectivity index (χ4v) is 3.30. The predicted molar refractivity (Wildman–Crippen MR) is 84.8 cm³/mol. The third-order valence-electron chi connectivity index (χ3n) is 4.62. The van der Waals surface area contributed by atoms with Crippen molar-refractivity contribution < 1.29 is 14.4 Å². The third-order valence-corrected chi connectivity index (χ3v) is 4.62. The molecule has 1 aromatic rings. The number of benzene rings is 1. The molecule has 0 unspecified atom stereocenters. The number of carbonyl (C=O) groups is 3. The number of rotatable bonds is 3. The molecule has 0 saturated carbocycles. The average molecular weight is 315 g/mol. The van der Waals surface area contributed by atoms with Gasteiger partial charge in [0.05, 0.1) is 0 Å². The first kappa shape index (κ1) is 15.5. The maximum Gasteiger partial charge on any atom is 0.325 e. The number of nitrogens with one attached hydrogen (secondary N) is 1. The molecule has 23 heavy (non-hydrogen) atoms. The highest BCUT2D eigenvalue weighted by Gasteiger charge is 2.52. The van der Waals surface area contributed by atoms with E-state index in [-0.39, 0.29) is 17.8 Å². The Morgan fingerprint density at radius 2 is 1.83 bits per heavy atom. The topological polar surface area (TPSA) is 69.7 Å². The monoisotopic (exact) mass is 315 g/mol. The number of imide groups is 1. The fourth-order valence-electron chi connectivity index (χ4n) is 3.30. The lowest BCUT2D eigenvalue weighted by atomic mass is 9.87. The Bertz CT molecular complexity index is 621. The van der Waals surface area contributed by atoms with Gasteiger partial charge in [-0.25, -0.2) is 4.79 Å². The van der Waals surface area contributed by atoms with Gasteiger partial charge in [-0.3, -0.25) is 14.5 Å². The number of amides is 4. The lowest BCUT2D eigenvalue weighted by molar-refractivity contribution is -0.132. The standard InChI is InChI=1S/C17H21N3O3/c1-2-10-20-15(22)17(18-16(20)23)8-11-19(12-9-17)14(21)13-6-4-3-5-7-13/h3-7H,2,8-12H2,1H3,(H,18,23). The first-order chi connectivity index (χ1) is 11.1. The molecule has 6 heteroatoms. The molecule has 2 aliphatic rings. The van der Waals surface area contributed by atoms with Crippen molar-refractivity contribution in [3.05, 3.63) is 35.9 Å². The maximum absolute atomic E-state index is 12.6. The van der Waals surface area contributed by atoms with Gasteiger partial charge < -0.3 is 10.2 Å². The summed E-state index contributed by atoms with van der Waals surface area (Å²) in [6.45, 7) is 3.32. The molecular formula is C17H21N3O3. The Kier molecular flexibility index (Phi) is 4.07. The van der Waals surface area contributed by atoms with Gasteiger partial charge in [0.15, 0.2) is 0 Å². The Morgan fingerprint density at radius 3 is 2.43 bits per heavy atom. The molecule has 6 nitrogen and oxygen atoms in total. The van der Waals surface area contributed by atoms with Crippen LogP contribution in [0.5, 0.6) is 0 Å².